The summed E-state index contributed by atoms with van der Waals surface area (Å²) in [5.41, 5.74) is 0.980. The molecule has 0 bridgehead atoms. The number of nitrogens with zero attached hydrogens (tertiary/aromatic N) is 3. The third kappa shape index (κ3) is 3.01. The van der Waals surface area contributed by atoms with Crippen molar-refractivity contribution < 1.29 is 14.3 Å². The molecular weight excluding hydrogens is 302 g/mol. The molecule has 0 aliphatic carbocycles. The summed E-state index contributed by atoms with van der Waals surface area (Å²) in [5.74, 6) is 0.182. The second kappa shape index (κ2) is 6.34. The summed E-state index contributed by atoms with van der Waals surface area (Å²) in [7, 11) is 3.47. The second-order valence-corrected chi connectivity index (χ2v) is 7.06. The minimum Gasteiger partial charge on any atom is -0.381 e. The van der Waals surface area contributed by atoms with Crippen LogP contribution < -0.4 is 0 Å². The molecule has 1 saturated heterocycles. The molecule has 7 heteroatoms. The summed E-state index contributed by atoms with van der Waals surface area (Å²) in [6.07, 6.45) is 2.34. The van der Waals surface area contributed by atoms with Gasteiger partial charge < -0.3 is 14.5 Å². The topological polar surface area (TPSA) is 62.7 Å². The van der Waals surface area contributed by atoms with Crippen LogP contribution in [0.1, 0.15) is 26.8 Å². The van der Waals surface area contributed by atoms with E-state index < -0.39 is 0 Å². The lowest BCUT2D eigenvalue weighted by Gasteiger charge is -2.23. The molecule has 2 amide bonds. The van der Waals surface area contributed by atoms with Crippen LogP contribution in [0, 0.1) is 5.92 Å². The Bertz CT molecular complexity index is 553. The first-order valence-corrected chi connectivity index (χ1v) is 8.44. The number of hydrogen-bond donors (Lipinski definition) is 0. The van der Waals surface area contributed by atoms with Crippen molar-refractivity contribution in [2.45, 2.75) is 19.3 Å². The largest absolute Gasteiger partial charge is 0.381 e. The van der Waals surface area contributed by atoms with Crippen molar-refractivity contribution in [1.29, 1.82) is 0 Å². The van der Waals surface area contributed by atoms with Gasteiger partial charge in [-0.3, -0.25) is 9.59 Å². The van der Waals surface area contributed by atoms with Gasteiger partial charge in [0.2, 0.25) is 5.91 Å². The number of fused-ring (bicyclic) bond motifs is 1. The molecule has 3 heterocycles. The van der Waals surface area contributed by atoms with Crippen molar-refractivity contribution in [1.82, 2.24) is 14.8 Å². The molecule has 22 heavy (non-hydrogen) atoms. The zero-order valence-corrected chi connectivity index (χ0v) is 13.8. The summed E-state index contributed by atoms with van der Waals surface area (Å²) in [6.45, 7) is 2.63. The van der Waals surface area contributed by atoms with E-state index in [2.05, 4.69) is 4.98 Å². The fourth-order valence-electron chi connectivity index (χ4n) is 2.85. The molecule has 1 aromatic rings. The number of hydrogen-bond acceptors (Lipinski definition) is 5. The maximum Gasteiger partial charge on any atom is 0.282 e. The molecule has 120 valence electrons. The summed E-state index contributed by atoms with van der Waals surface area (Å²) >= 11 is 1.47. The Kier molecular flexibility index (Phi) is 4.44. The van der Waals surface area contributed by atoms with E-state index in [1.807, 2.05) is 4.90 Å². The summed E-state index contributed by atoms with van der Waals surface area (Å²) in [6, 6.07) is 0. The van der Waals surface area contributed by atoms with Crippen LogP contribution in [0.4, 0.5) is 0 Å². The molecule has 1 unspecified atom stereocenters. The highest BCUT2D eigenvalue weighted by Crippen LogP contribution is 2.25. The van der Waals surface area contributed by atoms with E-state index in [4.69, 9.17) is 4.74 Å². The van der Waals surface area contributed by atoms with Crippen LogP contribution >= 0.6 is 11.3 Å². The molecule has 6 nitrogen and oxygen atoms in total. The number of amides is 2. The van der Waals surface area contributed by atoms with E-state index in [1.54, 1.807) is 19.0 Å². The molecule has 0 N–H and O–H groups in total. The van der Waals surface area contributed by atoms with Gasteiger partial charge in [-0.2, -0.15) is 0 Å². The van der Waals surface area contributed by atoms with Gasteiger partial charge in [0.15, 0.2) is 5.01 Å². The lowest BCUT2D eigenvalue weighted by molar-refractivity contribution is -0.135. The van der Waals surface area contributed by atoms with Crippen LogP contribution in [-0.4, -0.2) is 67.0 Å². The number of rotatable bonds is 2. The average Bonchev–Trinajstić information content (AvgIpc) is 3.12. The third-order valence-corrected chi connectivity index (χ3v) is 5.33. The summed E-state index contributed by atoms with van der Waals surface area (Å²) < 4.78 is 5.31. The van der Waals surface area contributed by atoms with Crippen molar-refractivity contribution in [3.63, 3.8) is 0 Å². The van der Waals surface area contributed by atoms with Gasteiger partial charge in [0.25, 0.3) is 5.91 Å². The summed E-state index contributed by atoms with van der Waals surface area (Å²) in [4.78, 5) is 33.6. The smallest absolute Gasteiger partial charge is 0.282 e. The molecule has 3 rings (SSSR count). The molecule has 1 aromatic heterocycles. The number of carbonyl (C=O) groups is 2. The first-order valence-electron chi connectivity index (χ1n) is 7.63. The zero-order valence-electron chi connectivity index (χ0n) is 13.0. The summed E-state index contributed by atoms with van der Waals surface area (Å²) in [5, 5.41) is 0.555. The van der Waals surface area contributed by atoms with Crippen LogP contribution in [0.25, 0.3) is 0 Å². The molecule has 0 saturated carbocycles. The van der Waals surface area contributed by atoms with E-state index in [9.17, 15) is 9.59 Å². The van der Waals surface area contributed by atoms with Crippen molar-refractivity contribution in [3.05, 3.63) is 15.6 Å². The van der Waals surface area contributed by atoms with E-state index in [0.717, 1.165) is 29.8 Å². The molecule has 2 aliphatic heterocycles. The number of ether oxygens (including phenoxy) is 1. The molecule has 1 fully saturated rings. The minimum atomic E-state index is -0.0471. The number of carbonyl (C=O) groups excluding carboxylic acids is 2. The Labute approximate surface area is 134 Å². The molecule has 0 radical (unpaired) electrons. The first-order chi connectivity index (χ1) is 10.6. The normalized spacial score (nSPS) is 21.4. The van der Waals surface area contributed by atoms with Crippen molar-refractivity contribution in [2.24, 2.45) is 5.92 Å². The zero-order chi connectivity index (χ0) is 15.7. The Morgan fingerprint density at radius 1 is 1.32 bits per heavy atom. The predicted molar refractivity (Wildman–Crippen MR) is 83.0 cm³/mol. The Hall–Kier alpha value is -1.47. The standard InChI is InChI=1S/C15H21N3O3S/c1-17(2)15(20)13-16-11-3-6-18(7-4-12(11)22-13)14(19)10-5-8-21-9-10/h10H,3-9H2,1-2H3. The fourth-order valence-corrected chi connectivity index (χ4v) is 3.97. The average molecular weight is 323 g/mol. The SMILES string of the molecule is CN(C)C(=O)c1nc2c(s1)CCN(C(=O)C1CCOC1)CC2. The van der Waals surface area contributed by atoms with Crippen LogP contribution in [0.15, 0.2) is 0 Å². The first kappa shape index (κ1) is 15.4. The number of aromatic nitrogens is 1. The second-order valence-electron chi connectivity index (χ2n) is 5.97. The third-order valence-electron chi connectivity index (χ3n) is 4.19. The monoisotopic (exact) mass is 323 g/mol. The number of thiazole rings is 1. The molecule has 2 aliphatic rings. The van der Waals surface area contributed by atoms with Crippen LogP contribution in [0.2, 0.25) is 0 Å². The van der Waals surface area contributed by atoms with Gasteiger partial charge in [-0.05, 0) is 6.42 Å². The molecule has 0 spiro atoms. The predicted octanol–water partition coefficient (Wildman–Crippen LogP) is 0.809. The Balaban J connectivity index is 1.67. The van der Waals surface area contributed by atoms with E-state index in [1.165, 1.54) is 11.3 Å². The van der Waals surface area contributed by atoms with Crippen LogP contribution in [0.5, 0.6) is 0 Å². The molecule has 1 atom stereocenters. The van der Waals surface area contributed by atoms with Gasteiger partial charge in [-0.25, -0.2) is 4.98 Å². The fraction of sp³-hybridized carbons (Fsp3) is 0.667. The maximum atomic E-state index is 12.5. The van der Waals surface area contributed by atoms with Crippen molar-refractivity contribution in [2.75, 3.05) is 40.4 Å². The van der Waals surface area contributed by atoms with Crippen molar-refractivity contribution >= 4 is 23.2 Å². The van der Waals surface area contributed by atoms with E-state index in [-0.39, 0.29) is 17.7 Å². The lowest BCUT2D eigenvalue weighted by atomic mass is 10.1. The molecule has 0 aromatic carbocycles. The highest BCUT2D eigenvalue weighted by atomic mass is 32.1. The van der Waals surface area contributed by atoms with Crippen LogP contribution in [0.3, 0.4) is 0 Å². The van der Waals surface area contributed by atoms with Crippen molar-refractivity contribution in [3.8, 4) is 0 Å². The van der Waals surface area contributed by atoms with Gasteiger partial charge >= 0.3 is 0 Å². The van der Waals surface area contributed by atoms with Gasteiger partial charge in [0.1, 0.15) is 0 Å². The Morgan fingerprint density at radius 2 is 2.09 bits per heavy atom. The maximum absolute atomic E-state index is 12.5. The van der Waals surface area contributed by atoms with E-state index >= 15 is 0 Å². The highest BCUT2D eigenvalue weighted by Gasteiger charge is 2.30. The van der Waals surface area contributed by atoms with Gasteiger partial charge in [-0.15, -0.1) is 11.3 Å². The van der Waals surface area contributed by atoms with Gasteiger partial charge in [0.05, 0.1) is 18.2 Å². The van der Waals surface area contributed by atoms with Gasteiger partial charge in [-0.1, -0.05) is 0 Å². The van der Waals surface area contributed by atoms with Gasteiger partial charge in [0, 0.05) is 51.5 Å². The lowest BCUT2D eigenvalue weighted by Crippen LogP contribution is -2.38. The highest BCUT2D eigenvalue weighted by molar-refractivity contribution is 7.13. The van der Waals surface area contributed by atoms with E-state index in [0.29, 0.717) is 31.3 Å². The van der Waals surface area contributed by atoms with Crippen LogP contribution in [-0.2, 0) is 22.4 Å². The quantitative estimate of drug-likeness (QED) is 0.808. The molecular formula is C15H21N3O3S. The Morgan fingerprint density at radius 3 is 2.77 bits per heavy atom. The minimum absolute atomic E-state index is 0.0231.